The molecule has 4 aromatic rings. The van der Waals surface area contributed by atoms with Crippen LogP contribution in [0.3, 0.4) is 0 Å². The van der Waals surface area contributed by atoms with Crippen LogP contribution in [0, 0.1) is 0 Å². The fourth-order valence-electron chi connectivity index (χ4n) is 2.96. The molecule has 0 spiro atoms. The van der Waals surface area contributed by atoms with Gasteiger partial charge in [-0.1, -0.05) is 35.9 Å². The average molecular weight is 460 g/mol. The number of thiophene rings is 1. The summed E-state index contributed by atoms with van der Waals surface area (Å²) in [7, 11) is -0.501. The average Bonchev–Trinajstić information content (AvgIpc) is 3.18. The van der Waals surface area contributed by atoms with E-state index in [1.165, 1.54) is 36.1 Å². The van der Waals surface area contributed by atoms with Crippen molar-refractivity contribution in [3.63, 3.8) is 0 Å². The minimum Gasteiger partial charge on any atom is -0.472 e. The second kappa shape index (κ2) is 8.31. The van der Waals surface area contributed by atoms with Crippen LogP contribution in [0.25, 0.3) is 21.3 Å². The summed E-state index contributed by atoms with van der Waals surface area (Å²) in [6.45, 7) is 0.179. The molecule has 2 aromatic carbocycles. The lowest BCUT2D eigenvalue weighted by atomic mass is 10.1. The molecule has 4 rings (SSSR count). The summed E-state index contributed by atoms with van der Waals surface area (Å²) < 4.78 is 31.9. The largest absolute Gasteiger partial charge is 0.472 e. The zero-order valence-corrected chi connectivity index (χ0v) is 18.6. The van der Waals surface area contributed by atoms with Crippen molar-refractivity contribution < 1.29 is 13.2 Å². The van der Waals surface area contributed by atoms with Crippen molar-refractivity contribution in [2.45, 2.75) is 11.5 Å². The maximum Gasteiger partial charge on any atom is 0.242 e. The van der Waals surface area contributed by atoms with E-state index in [2.05, 4.69) is 9.97 Å². The third kappa shape index (κ3) is 4.04. The minimum atomic E-state index is -3.51. The lowest BCUT2D eigenvalue weighted by molar-refractivity contribution is 0.297. The predicted molar refractivity (Wildman–Crippen MR) is 120 cm³/mol. The molecular formula is C21H18ClN3O3S2. The molecule has 0 amide bonds. The maximum atomic E-state index is 12.4. The van der Waals surface area contributed by atoms with Gasteiger partial charge in [0.1, 0.15) is 17.8 Å². The Morgan fingerprint density at radius 1 is 1.10 bits per heavy atom. The van der Waals surface area contributed by atoms with Crippen LogP contribution in [0.2, 0.25) is 5.02 Å². The molecule has 154 valence electrons. The van der Waals surface area contributed by atoms with Crippen LogP contribution in [0.15, 0.2) is 65.1 Å². The molecule has 0 fully saturated rings. The highest BCUT2D eigenvalue weighted by Crippen LogP contribution is 2.38. The Hall–Kier alpha value is -2.52. The molecule has 0 aliphatic heterocycles. The summed E-state index contributed by atoms with van der Waals surface area (Å²) in [4.78, 5) is 9.70. The van der Waals surface area contributed by atoms with Gasteiger partial charge < -0.3 is 4.74 Å². The normalized spacial score (nSPS) is 11.9. The SMILES string of the molecule is CN(C)S(=O)(=O)c1cccc(COc2ncnc3scc(-c4ccc(Cl)cc4)c23)c1. The summed E-state index contributed by atoms with van der Waals surface area (Å²) in [5.41, 5.74) is 2.68. The first-order chi connectivity index (χ1) is 14.4. The summed E-state index contributed by atoms with van der Waals surface area (Å²) in [6.07, 6.45) is 1.47. The molecule has 0 atom stereocenters. The molecule has 0 aliphatic carbocycles. The maximum absolute atomic E-state index is 12.4. The number of sulfonamides is 1. The first-order valence-corrected chi connectivity index (χ1v) is 11.7. The number of aromatic nitrogens is 2. The van der Waals surface area contributed by atoms with Gasteiger partial charge in [0.15, 0.2) is 0 Å². The third-order valence-electron chi connectivity index (χ3n) is 4.54. The molecule has 30 heavy (non-hydrogen) atoms. The number of ether oxygens (including phenoxy) is 1. The van der Waals surface area contributed by atoms with E-state index in [9.17, 15) is 8.42 Å². The molecule has 0 unspecified atom stereocenters. The Labute approximate surface area is 183 Å². The van der Waals surface area contributed by atoms with Crippen LogP contribution < -0.4 is 4.74 Å². The Bertz CT molecular complexity index is 1300. The van der Waals surface area contributed by atoms with Crippen molar-refractivity contribution in [2.75, 3.05) is 14.1 Å². The second-order valence-electron chi connectivity index (χ2n) is 6.74. The monoisotopic (exact) mass is 459 g/mol. The highest BCUT2D eigenvalue weighted by Gasteiger charge is 2.18. The Morgan fingerprint density at radius 2 is 1.87 bits per heavy atom. The van der Waals surface area contributed by atoms with Gasteiger partial charge >= 0.3 is 0 Å². The van der Waals surface area contributed by atoms with Gasteiger partial charge in [0.25, 0.3) is 0 Å². The van der Waals surface area contributed by atoms with E-state index in [0.29, 0.717) is 10.9 Å². The van der Waals surface area contributed by atoms with Crippen molar-refractivity contribution in [2.24, 2.45) is 0 Å². The van der Waals surface area contributed by atoms with Crippen molar-refractivity contribution in [3.05, 3.63) is 70.8 Å². The van der Waals surface area contributed by atoms with E-state index in [-0.39, 0.29) is 11.5 Å². The molecule has 6 nitrogen and oxygen atoms in total. The number of benzene rings is 2. The fraction of sp³-hybridized carbons (Fsp3) is 0.143. The van der Waals surface area contributed by atoms with Crippen LogP contribution >= 0.6 is 22.9 Å². The quantitative estimate of drug-likeness (QED) is 0.412. The molecule has 0 bridgehead atoms. The van der Waals surface area contributed by atoms with Gasteiger partial charge in [0, 0.05) is 30.1 Å². The molecule has 2 aromatic heterocycles. The third-order valence-corrected chi connectivity index (χ3v) is 7.49. The molecule has 0 radical (unpaired) electrons. The number of fused-ring (bicyclic) bond motifs is 1. The Morgan fingerprint density at radius 3 is 2.60 bits per heavy atom. The molecule has 0 saturated heterocycles. The molecule has 0 saturated carbocycles. The number of nitrogens with zero attached hydrogens (tertiary/aromatic N) is 3. The number of hydrogen-bond acceptors (Lipinski definition) is 6. The van der Waals surface area contributed by atoms with Crippen LogP contribution in [-0.4, -0.2) is 36.8 Å². The highest BCUT2D eigenvalue weighted by atomic mass is 35.5. The van der Waals surface area contributed by atoms with Gasteiger partial charge in [0.05, 0.1) is 10.3 Å². The van der Waals surface area contributed by atoms with Gasteiger partial charge in [0.2, 0.25) is 15.9 Å². The van der Waals surface area contributed by atoms with E-state index in [1.807, 2.05) is 35.7 Å². The molecule has 2 heterocycles. The van der Waals surface area contributed by atoms with Crippen LogP contribution in [0.1, 0.15) is 5.56 Å². The Kier molecular flexibility index (Phi) is 5.75. The lowest BCUT2D eigenvalue weighted by Crippen LogP contribution is -2.22. The molecule has 9 heteroatoms. The van der Waals surface area contributed by atoms with Crippen LogP contribution in [0.4, 0.5) is 0 Å². The number of halogens is 1. The van der Waals surface area contributed by atoms with E-state index in [0.717, 1.165) is 26.9 Å². The summed E-state index contributed by atoms with van der Waals surface area (Å²) in [5, 5.41) is 3.50. The van der Waals surface area contributed by atoms with Gasteiger partial charge in [-0.15, -0.1) is 11.3 Å². The van der Waals surface area contributed by atoms with Crippen molar-refractivity contribution in [3.8, 4) is 17.0 Å². The summed E-state index contributed by atoms with van der Waals surface area (Å²) >= 11 is 7.52. The standard InChI is InChI=1S/C21H18ClN3O3S2/c1-25(2)30(26,27)17-5-3-4-14(10-17)11-28-20-19-18(12-29-21(19)24-13-23-20)15-6-8-16(22)9-7-15/h3-10,12-13H,11H2,1-2H3. The summed E-state index contributed by atoms with van der Waals surface area (Å²) in [6, 6.07) is 14.3. The summed E-state index contributed by atoms with van der Waals surface area (Å²) in [5.74, 6) is 0.451. The lowest BCUT2D eigenvalue weighted by Gasteiger charge is -2.13. The molecular weight excluding hydrogens is 442 g/mol. The minimum absolute atomic E-state index is 0.179. The topological polar surface area (TPSA) is 72.4 Å². The van der Waals surface area contributed by atoms with Crippen LogP contribution in [0.5, 0.6) is 5.88 Å². The van der Waals surface area contributed by atoms with Gasteiger partial charge in [-0.05, 0) is 35.4 Å². The smallest absolute Gasteiger partial charge is 0.242 e. The van der Waals surface area contributed by atoms with E-state index in [4.69, 9.17) is 16.3 Å². The van der Waals surface area contributed by atoms with Gasteiger partial charge in [-0.2, -0.15) is 0 Å². The first-order valence-electron chi connectivity index (χ1n) is 8.98. The number of hydrogen-bond donors (Lipinski definition) is 0. The van der Waals surface area contributed by atoms with Gasteiger partial charge in [-0.3, -0.25) is 0 Å². The van der Waals surface area contributed by atoms with Crippen molar-refractivity contribution in [1.82, 2.24) is 14.3 Å². The van der Waals surface area contributed by atoms with Crippen LogP contribution in [-0.2, 0) is 16.6 Å². The molecule has 0 N–H and O–H groups in total. The molecule has 0 aliphatic rings. The Balaban J connectivity index is 1.66. The van der Waals surface area contributed by atoms with E-state index >= 15 is 0 Å². The van der Waals surface area contributed by atoms with E-state index < -0.39 is 10.0 Å². The fourth-order valence-corrected chi connectivity index (χ4v) is 4.96. The highest BCUT2D eigenvalue weighted by molar-refractivity contribution is 7.89. The van der Waals surface area contributed by atoms with Gasteiger partial charge in [-0.25, -0.2) is 22.7 Å². The zero-order chi connectivity index (χ0) is 21.3. The zero-order valence-electron chi connectivity index (χ0n) is 16.2. The number of rotatable bonds is 6. The second-order valence-corrected chi connectivity index (χ2v) is 10.2. The van der Waals surface area contributed by atoms with Crippen molar-refractivity contribution >= 4 is 43.2 Å². The first kappa shape index (κ1) is 20.7. The van der Waals surface area contributed by atoms with E-state index in [1.54, 1.807) is 18.2 Å². The predicted octanol–water partition coefficient (Wildman–Crippen LogP) is 4.84. The van der Waals surface area contributed by atoms with Crippen molar-refractivity contribution in [1.29, 1.82) is 0 Å².